The monoisotopic (exact) mass is 229 g/mol. The topological polar surface area (TPSA) is 43.8 Å². The highest BCUT2D eigenvalue weighted by Gasteiger charge is 2.16. The molecule has 1 aromatic carbocycles. The summed E-state index contributed by atoms with van der Waals surface area (Å²) < 4.78 is 1.95. The molecule has 1 atom stereocenters. The van der Waals surface area contributed by atoms with Crippen molar-refractivity contribution in [1.29, 1.82) is 0 Å². The molecular formula is C14H19N3. The lowest BCUT2D eigenvalue weighted by Gasteiger charge is -2.18. The predicted molar refractivity (Wildman–Crippen MR) is 69.8 cm³/mol. The van der Waals surface area contributed by atoms with E-state index in [1.807, 2.05) is 16.9 Å². The van der Waals surface area contributed by atoms with Crippen molar-refractivity contribution >= 4 is 0 Å². The Hall–Kier alpha value is -1.61. The summed E-state index contributed by atoms with van der Waals surface area (Å²) in [5.41, 5.74) is 11.1. The van der Waals surface area contributed by atoms with Crippen LogP contribution in [0.15, 0.2) is 30.5 Å². The largest absolute Gasteiger partial charge is 0.319 e. The van der Waals surface area contributed by atoms with Crippen molar-refractivity contribution in [1.82, 2.24) is 9.78 Å². The summed E-state index contributed by atoms with van der Waals surface area (Å²) in [5, 5.41) is 4.28. The SMILES string of the molecule is CCn1nccc1C(N)c1c(C)cccc1C. The molecule has 3 nitrogen and oxygen atoms in total. The van der Waals surface area contributed by atoms with Crippen molar-refractivity contribution in [3.05, 3.63) is 52.8 Å². The Balaban J connectivity index is 2.47. The Morgan fingerprint density at radius 1 is 1.24 bits per heavy atom. The van der Waals surface area contributed by atoms with Gasteiger partial charge in [0.05, 0.1) is 11.7 Å². The maximum Gasteiger partial charge on any atom is 0.0728 e. The smallest absolute Gasteiger partial charge is 0.0728 e. The summed E-state index contributed by atoms with van der Waals surface area (Å²) in [5.74, 6) is 0. The fraction of sp³-hybridized carbons (Fsp3) is 0.357. The van der Waals surface area contributed by atoms with Gasteiger partial charge in [0.2, 0.25) is 0 Å². The van der Waals surface area contributed by atoms with Crippen LogP contribution in [0.1, 0.15) is 35.3 Å². The Kier molecular flexibility index (Phi) is 3.29. The summed E-state index contributed by atoms with van der Waals surface area (Å²) in [6.45, 7) is 7.14. The van der Waals surface area contributed by atoms with Gasteiger partial charge in [-0.3, -0.25) is 4.68 Å². The van der Waals surface area contributed by atoms with Crippen LogP contribution in [0.3, 0.4) is 0 Å². The van der Waals surface area contributed by atoms with Gasteiger partial charge in [-0.25, -0.2) is 0 Å². The van der Waals surface area contributed by atoms with Crippen molar-refractivity contribution in [2.75, 3.05) is 0 Å². The van der Waals surface area contributed by atoms with Crippen molar-refractivity contribution in [2.45, 2.75) is 33.4 Å². The zero-order valence-corrected chi connectivity index (χ0v) is 10.6. The first-order valence-corrected chi connectivity index (χ1v) is 5.98. The van der Waals surface area contributed by atoms with Crippen molar-refractivity contribution in [2.24, 2.45) is 5.73 Å². The average Bonchev–Trinajstić information content (AvgIpc) is 2.76. The molecule has 3 heteroatoms. The standard InChI is InChI=1S/C14H19N3/c1-4-17-12(8-9-16-17)14(15)13-10(2)6-5-7-11(13)3/h5-9,14H,4,15H2,1-3H3. The van der Waals surface area contributed by atoms with Gasteiger partial charge in [0.1, 0.15) is 0 Å². The molecule has 0 aliphatic carbocycles. The molecule has 0 aliphatic heterocycles. The number of hydrogen-bond donors (Lipinski definition) is 1. The normalized spacial score (nSPS) is 12.7. The second-order valence-corrected chi connectivity index (χ2v) is 4.35. The van der Waals surface area contributed by atoms with E-state index in [1.165, 1.54) is 16.7 Å². The fourth-order valence-electron chi connectivity index (χ4n) is 2.34. The van der Waals surface area contributed by atoms with E-state index >= 15 is 0 Å². The first-order valence-electron chi connectivity index (χ1n) is 5.98. The average molecular weight is 229 g/mol. The van der Waals surface area contributed by atoms with Crippen LogP contribution in [0.5, 0.6) is 0 Å². The fourth-order valence-corrected chi connectivity index (χ4v) is 2.34. The van der Waals surface area contributed by atoms with E-state index in [1.54, 1.807) is 0 Å². The maximum absolute atomic E-state index is 6.38. The number of aromatic nitrogens is 2. The number of rotatable bonds is 3. The molecule has 2 rings (SSSR count). The molecule has 17 heavy (non-hydrogen) atoms. The number of nitrogens with zero attached hydrogens (tertiary/aromatic N) is 2. The number of hydrogen-bond acceptors (Lipinski definition) is 2. The summed E-state index contributed by atoms with van der Waals surface area (Å²) >= 11 is 0. The lowest BCUT2D eigenvalue weighted by molar-refractivity contribution is 0.599. The highest BCUT2D eigenvalue weighted by atomic mass is 15.3. The van der Waals surface area contributed by atoms with E-state index in [4.69, 9.17) is 5.73 Å². The molecule has 0 fully saturated rings. The number of nitrogens with two attached hydrogens (primary N) is 1. The minimum absolute atomic E-state index is 0.0985. The van der Waals surface area contributed by atoms with Crippen molar-refractivity contribution < 1.29 is 0 Å². The molecule has 0 saturated carbocycles. The minimum Gasteiger partial charge on any atom is -0.319 e. The quantitative estimate of drug-likeness (QED) is 0.879. The predicted octanol–water partition coefficient (Wildman–Crippen LogP) is 2.57. The lowest BCUT2D eigenvalue weighted by atomic mass is 9.95. The second kappa shape index (κ2) is 4.72. The Morgan fingerprint density at radius 2 is 1.88 bits per heavy atom. The maximum atomic E-state index is 6.38. The first kappa shape index (κ1) is 11.9. The van der Waals surface area contributed by atoms with Crippen LogP contribution in [0.2, 0.25) is 0 Å². The molecule has 1 aromatic heterocycles. The lowest BCUT2D eigenvalue weighted by Crippen LogP contribution is -2.19. The van der Waals surface area contributed by atoms with Gasteiger partial charge in [-0.15, -0.1) is 0 Å². The summed E-state index contributed by atoms with van der Waals surface area (Å²) in [7, 11) is 0. The molecule has 0 spiro atoms. The van der Waals surface area contributed by atoms with Crippen LogP contribution >= 0.6 is 0 Å². The van der Waals surface area contributed by atoms with E-state index in [0.717, 1.165) is 12.2 Å². The van der Waals surface area contributed by atoms with Gasteiger partial charge in [-0.2, -0.15) is 5.10 Å². The van der Waals surface area contributed by atoms with Crippen LogP contribution in [0, 0.1) is 13.8 Å². The van der Waals surface area contributed by atoms with Gasteiger partial charge < -0.3 is 5.73 Å². The van der Waals surface area contributed by atoms with Gasteiger partial charge in [0.25, 0.3) is 0 Å². The molecular weight excluding hydrogens is 210 g/mol. The van der Waals surface area contributed by atoms with E-state index < -0.39 is 0 Å². The molecule has 1 heterocycles. The van der Waals surface area contributed by atoms with Crippen molar-refractivity contribution in [3.63, 3.8) is 0 Å². The third-order valence-corrected chi connectivity index (χ3v) is 3.22. The van der Waals surface area contributed by atoms with Gasteiger partial charge >= 0.3 is 0 Å². The van der Waals surface area contributed by atoms with Crippen LogP contribution in [-0.2, 0) is 6.54 Å². The van der Waals surface area contributed by atoms with Gasteiger partial charge in [0.15, 0.2) is 0 Å². The highest BCUT2D eigenvalue weighted by molar-refractivity contribution is 5.39. The van der Waals surface area contributed by atoms with Crippen LogP contribution in [0.4, 0.5) is 0 Å². The number of aryl methyl sites for hydroxylation is 3. The van der Waals surface area contributed by atoms with E-state index in [-0.39, 0.29) is 6.04 Å². The van der Waals surface area contributed by atoms with Gasteiger partial charge in [-0.1, -0.05) is 18.2 Å². The summed E-state index contributed by atoms with van der Waals surface area (Å²) in [6, 6.07) is 8.18. The molecule has 0 saturated heterocycles. The van der Waals surface area contributed by atoms with Gasteiger partial charge in [0, 0.05) is 12.7 Å². The van der Waals surface area contributed by atoms with Crippen molar-refractivity contribution in [3.8, 4) is 0 Å². The molecule has 90 valence electrons. The Bertz CT molecular complexity index is 494. The Labute approximate surface area is 102 Å². The zero-order valence-electron chi connectivity index (χ0n) is 10.6. The van der Waals surface area contributed by atoms with Crippen LogP contribution < -0.4 is 5.73 Å². The molecule has 0 radical (unpaired) electrons. The van der Waals surface area contributed by atoms with E-state index in [0.29, 0.717) is 0 Å². The first-order chi connectivity index (χ1) is 8.15. The third-order valence-electron chi connectivity index (χ3n) is 3.22. The summed E-state index contributed by atoms with van der Waals surface area (Å²) in [6.07, 6.45) is 1.81. The van der Waals surface area contributed by atoms with E-state index in [9.17, 15) is 0 Å². The minimum atomic E-state index is -0.0985. The molecule has 0 aliphatic rings. The second-order valence-electron chi connectivity index (χ2n) is 4.35. The Morgan fingerprint density at radius 3 is 2.47 bits per heavy atom. The molecule has 2 aromatic rings. The number of benzene rings is 1. The van der Waals surface area contributed by atoms with Gasteiger partial charge in [-0.05, 0) is 43.5 Å². The van der Waals surface area contributed by atoms with Crippen LogP contribution in [-0.4, -0.2) is 9.78 Å². The summed E-state index contributed by atoms with van der Waals surface area (Å²) in [4.78, 5) is 0. The zero-order chi connectivity index (χ0) is 12.4. The molecule has 0 bridgehead atoms. The highest BCUT2D eigenvalue weighted by Crippen LogP contribution is 2.25. The third kappa shape index (κ3) is 2.11. The van der Waals surface area contributed by atoms with E-state index in [2.05, 4.69) is 44.1 Å². The molecule has 2 N–H and O–H groups in total. The molecule has 1 unspecified atom stereocenters. The molecule has 0 amide bonds. The van der Waals surface area contributed by atoms with Crippen LogP contribution in [0.25, 0.3) is 0 Å².